The lowest BCUT2D eigenvalue weighted by atomic mass is 10.0. The number of amides is 1. The Kier molecular flexibility index (Phi) is 7.88. The molecule has 1 unspecified atom stereocenters. The molecule has 0 bridgehead atoms. The van der Waals surface area contributed by atoms with Crippen molar-refractivity contribution >= 4 is 23.3 Å². The van der Waals surface area contributed by atoms with Crippen molar-refractivity contribution in [2.75, 3.05) is 25.6 Å². The van der Waals surface area contributed by atoms with Gasteiger partial charge in [-0.15, -0.1) is 0 Å². The summed E-state index contributed by atoms with van der Waals surface area (Å²) in [5.41, 5.74) is -0.108. The molecule has 9 nitrogen and oxygen atoms in total. The topological polar surface area (TPSA) is 120 Å². The molecule has 2 aromatic rings. The van der Waals surface area contributed by atoms with Gasteiger partial charge < -0.3 is 14.8 Å². The molecule has 0 aliphatic heterocycles. The number of carbonyl (C=O) groups is 2. The second-order valence-electron chi connectivity index (χ2n) is 6.91. The molecule has 30 heavy (non-hydrogen) atoms. The maximum absolute atomic E-state index is 12.3. The Morgan fingerprint density at radius 2 is 1.87 bits per heavy atom. The average molecular weight is 415 g/mol. The van der Waals surface area contributed by atoms with E-state index in [-0.39, 0.29) is 31.2 Å². The number of non-ortho nitro benzene ring substituents is 1. The first-order valence-electron chi connectivity index (χ1n) is 9.31. The Morgan fingerprint density at radius 1 is 1.17 bits per heavy atom. The van der Waals surface area contributed by atoms with E-state index in [0.717, 1.165) is 0 Å². The van der Waals surface area contributed by atoms with Crippen molar-refractivity contribution < 1.29 is 24.0 Å². The summed E-state index contributed by atoms with van der Waals surface area (Å²) in [5.74, 6) is -0.193. The molecular weight excluding hydrogens is 390 g/mol. The molecule has 0 fully saturated rings. The quantitative estimate of drug-likeness (QED) is 0.348. The first-order chi connectivity index (χ1) is 14.2. The van der Waals surface area contributed by atoms with Gasteiger partial charge in [0.2, 0.25) is 5.91 Å². The molecule has 0 heterocycles. The van der Waals surface area contributed by atoms with E-state index in [4.69, 9.17) is 9.47 Å². The Morgan fingerprint density at radius 3 is 2.47 bits per heavy atom. The maximum Gasteiger partial charge on any atom is 0.329 e. The molecule has 9 heteroatoms. The summed E-state index contributed by atoms with van der Waals surface area (Å²) >= 11 is 0. The van der Waals surface area contributed by atoms with Crippen molar-refractivity contribution in [2.24, 2.45) is 0 Å². The van der Waals surface area contributed by atoms with Crippen molar-refractivity contribution in [1.29, 1.82) is 0 Å². The van der Waals surface area contributed by atoms with Crippen LogP contribution in [0, 0.1) is 17.0 Å². The van der Waals surface area contributed by atoms with Gasteiger partial charge in [0.05, 0.1) is 12.0 Å². The summed E-state index contributed by atoms with van der Waals surface area (Å²) in [5, 5.41) is 16.5. The summed E-state index contributed by atoms with van der Waals surface area (Å²) < 4.78 is 10.5. The second kappa shape index (κ2) is 10.4. The van der Waals surface area contributed by atoms with E-state index in [1.807, 2.05) is 18.2 Å². The molecule has 0 spiro atoms. The standard InChI is InChI=1S/C21H25N3O6/c1-15-13-16(24(27)28)9-10-18(15)23-19(25)11-12-22-21(2,20(26)29-3)14-30-17-7-5-4-6-8-17/h4-10,13,22H,11-12,14H2,1-3H3,(H,23,25). The normalized spacial score (nSPS) is 12.5. The third kappa shape index (κ3) is 6.28. The highest BCUT2D eigenvalue weighted by Gasteiger charge is 2.35. The van der Waals surface area contributed by atoms with E-state index in [9.17, 15) is 19.7 Å². The lowest BCUT2D eigenvalue weighted by molar-refractivity contribution is -0.384. The van der Waals surface area contributed by atoms with Gasteiger partial charge in [-0.25, -0.2) is 4.79 Å². The molecule has 160 valence electrons. The van der Waals surface area contributed by atoms with E-state index in [1.54, 1.807) is 26.0 Å². The van der Waals surface area contributed by atoms with E-state index < -0.39 is 16.4 Å². The number of benzene rings is 2. The Hall–Kier alpha value is -3.46. The number of anilines is 1. The average Bonchev–Trinajstić information content (AvgIpc) is 2.73. The van der Waals surface area contributed by atoms with Crippen LogP contribution in [-0.2, 0) is 14.3 Å². The summed E-state index contributed by atoms with van der Waals surface area (Å²) in [6, 6.07) is 13.3. The van der Waals surface area contributed by atoms with Gasteiger partial charge in [-0.3, -0.25) is 20.2 Å². The van der Waals surface area contributed by atoms with Gasteiger partial charge in [-0.1, -0.05) is 18.2 Å². The van der Waals surface area contributed by atoms with Gasteiger partial charge in [0, 0.05) is 30.8 Å². The number of nitrogens with zero attached hydrogens (tertiary/aromatic N) is 1. The van der Waals surface area contributed by atoms with E-state index in [2.05, 4.69) is 10.6 Å². The van der Waals surface area contributed by atoms with Crippen molar-refractivity contribution in [1.82, 2.24) is 5.32 Å². The number of hydrogen-bond donors (Lipinski definition) is 2. The van der Waals surface area contributed by atoms with Crippen LogP contribution in [0.1, 0.15) is 18.9 Å². The molecule has 1 amide bonds. The van der Waals surface area contributed by atoms with Crippen molar-refractivity contribution in [3.05, 3.63) is 64.2 Å². The SMILES string of the molecule is COC(=O)C(C)(COc1ccccc1)NCCC(=O)Nc1ccc([N+](=O)[O-])cc1C. The smallest absolute Gasteiger partial charge is 0.329 e. The fraction of sp³-hybridized carbons (Fsp3) is 0.333. The van der Waals surface area contributed by atoms with Gasteiger partial charge in [-0.2, -0.15) is 0 Å². The van der Waals surface area contributed by atoms with Gasteiger partial charge in [0.25, 0.3) is 5.69 Å². The number of nitro benzene ring substituents is 1. The van der Waals surface area contributed by atoms with Crippen LogP contribution in [0.5, 0.6) is 5.75 Å². The minimum absolute atomic E-state index is 0.0206. The second-order valence-corrected chi connectivity index (χ2v) is 6.91. The van der Waals surface area contributed by atoms with Crippen molar-refractivity contribution in [3.8, 4) is 5.75 Å². The van der Waals surface area contributed by atoms with Gasteiger partial charge in [0.15, 0.2) is 0 Å². The molecule has 2 rings (SSSR count). The number of nitro groups is 1. The predicted molar refractivity (Wildman–Crippen MR) is 111 cm³/mol. The third-order valence-electron chi connectivity index (χ3n) is 4.47. The van der Waals surface area contributed by atoms with Crippen LogP contribution in [0.2, 0.25) is 0 Å². The van der Waals surface area contributed by atoms with Crippen molar-refractivity contribution in [3.63, 3.8) is 0 Å². The highest BCUT2D eigenvalue weighted by atomic mass is 16.6. The molecule has 0 radical (unpaired) electrons. The molecule has 0 saturated heterocycles. The zero-order valence-corrected chi connectivity index (χ0v) is 17.1. The molecule has 2 aromatic carbocycles. The summed E-state index contributed by atoms with van der Waals surface area (Å²) in [6.07, 6.45) is 0.0777. The van der Waals surface area contributed by atoms with Crippen LogP contribution in [0.3, 0.4) is 0 Å². The predicted octanol–water partition coefficient (Wildman–Crippen LogP) is 2.83. The first-order valence-corrected chi connectivity index (χ1v) is 9.31. The molecule has 0 saturated carbocycles. The zero-order chi connectivity index (χ0) is 22.1. The highest BCUT2D eigenvalue weighted by molar-refractivity contribution is 5.91. The van der Waals surface area contributed by atoms with Crippen LogP contribution in [0.4, 0.5) is 11.4 Å². The third-order valence-corrected chi connectivity index (χ3v) is 4.47. The van der Waals surface area contributed by atoms with Crippen LogP contribution in [0.15, 0.2) is 48.5 Å². The fourth-order valence-corrected chi connectivity index (χ4v) is 2.72. The minimum atomic E-state index is -1.14. The number of hydrogen-bond acceptors (Lipinski definition) is 7. The molecule has 2 N–H and O–H groups in total. The van der Waals surface area contributed by atoms with Gasteiger partial charge in [-0.05, 0) is 37.6 Å². The summed E-state index contributed by atoms with van der Waals surface area (Å²) in [4.78, 5) is 34.8. The minimum Gasteiger partial charge on any atom is -0.491 e. The first kappa shape index (κ1) is 22.8. The molecule has 0 aliphatic carbocycles. The number of carbonyl (C=O) groups excluding carboxylic acids is 2. The monoisotopic (exact) mass is 415 g/mol. The number of para-hydroxylation sites is 1. The van der Waals surface area contributed by atoms with Crippen molar-refractivity contribution in [2.45, 2.75) is 25.8 Å². The van der Waals surface area contributed by atoms with Crippen LogP contribution in [0.25, 0.3) is 0 Å². The molecule has 0 aromatic heterocycles. The molecule has 0 aliphatic rings. The fourth-order valence-electron chi connectivity index (χ4n) is 2.72. The number of esters is 1. The van der Waals surface area contributed by atoms with Gasteiger partial charge >= 0.3 is 5.97 Å². The van der Waals surface area contributed by atoms with E-state index >= 15 is 0 Å². The number of aryl methyl sites for hydroxylation is 1. The Balaban J connectivity index is 1.91. The lowest BCUT2D eigenvalue weighted by Crippen LogP contribution is -2.55. The number of ether oxygens (including phenoxy) is 2. The van der Waals surface area contributed by atoms with Crippen LogP contribution in [-0.4, -0.2) is 42.6 Å². The number of methoxy groups -OCH3 is 1. The van der Waals surface area contributed by atoms with Gasteiger partial charge in [0.1, 0.15) is 17.9 Å². The maximum atomic E-state index is 12.3. The number of nitrogens with one attached hydrogen (secondary N) is 2. The molecule has 1 atom stereocenters. The molecular formula is C21H25N3O6. The number of rotatable bonds is 10. The van der Waals surface area contributed by atoms with Crippen LogP contribution < -0.4 is 15.4 Å². The Bertz CT molecular complexity index is 903. The largest absolute Gasteiger partial charge is 0.491 e. The lowest BCUT2D eigenvalue weighted by Gasteiger charge is -2.28. The zero-order valence-electron chi connectivity index (χ0n) is 17.1. The van der Waals surface area contributed by atoms with E-state index in [0.29, 0.717) is 17.0 Å². The highest BCUT2D eigenvalue weighted by Crippen LogP contribution is 2.21. The van der Waals surface area contributed by atoms with Crippen LogP contribution >= 0.6 is 0 Å². The Labute approximate surface area is 174 Å². The summed E-state index contributed by atoms with van der Waals surface area (Å²) in [7, 11) is 1.29. The summed E-state index contributed by atoms with van der Waals surface area (Å²) in [6.45, 7) is 3.53. The van der Waals surface area contributed by atoms with E-state index in [1.165, 1.54) is 25.3 Å².